The van der Waals surface area contributed by atoms with Crippen molar-refractivity contribution in [2.24, 2.45) is 5.92 Å². The van der Waals surface area contributed by atoms with E-state index in [9.17, 15) is 22.0 Å². The van der Waals surface area contributed by atoms with Crippen LogP contribution in [0, 0.1) is 24.5 Å². The van der Waals surface area contributed by atoms with Crippen molar-refractivity contribution in [3.05, 3.63) is 65.1 Å². The van der Waals surface area contributed by atoms with Crippen LogP contribution in [0.4, 0.5) is 14.5 Å². The first kappa shape index (κ1) is 25.9. The van der Waals surface area contributed by atoms with E-state index in [1.54, 1.807) is 18.2 Å². The van der Waals surface area contributed by atoms with E-state index in [0.717, 1.165) is 12.1 Å². The first-order chi connectivity index (χ1) is 18.2. The Balaban J connectivity index is 1.25. The van der Waals surface area contributed by atoms with E-state index in [0.29, 0.717) is 43.2 Å². The van der Waals surface area contributed by atoms with E-state index in [1.165, 1.54) is 29.4 Å². The second-order valence-electron chi connectivity index (χ2n) is 8.99. The number of piperidine rings is 1. The lowest BCUT2D eigenvalue weighted by Crippen LogP contribution is -2.41. The molecule has 9 nitrogen and oxygen atoms in total. The number of benzene rings is 2. The Morgan fingerprint density at radius 2 is 1.79 bits per heavy atom. The second-order valence-corrected chi connectivity index (χ2v) is 10.9. The molecular weight excluding hydrogens is 520 g/mol. The summed E-state index contributed by atoms with van der Waals surface area (Å²) >= 11 is 0. The summed E-state index contributed by atoms with van der Waals surface area (Å²) in [5.41, 5.74) is 0.791. The molecule has 1 amide bonds. The standard InChI is InChI=1S/C26H25F2N3O6S/c1-16-25(23(37-30-16)6-3-17-2-4-19(27)14-21(17)28)38(33,34)31-10-8-18(9-11-31)26(32)29-20-5-7-22-24(15-20)36-13-12-35-22/h2-7,14-15,18H,8-13H2,1H3,(H,29,32)/b6-3+. The molecule has 5 rings (SSSR count). The molecule has 0 radical (unpaired) electrons. The minimum Gasteiger partial charge on any atom is -0.486 e. The molecule has 0 aliphatic carbocycles. The molecular formula is C26H25F2N3O6S. The van der Waals surface area contributed by atoms with Gasteiger partial charge in [0.05, 0.1) is 0 Å². The molecule has 0 spiro atoms. The molecule has 38 heavy (non-hydrogen) atoms. The van der Waals surface area contributed by atoms with Crippen LogP contribution >= 0.6 is 0 Å². The van der Waals surface area contributed by atoms with Crippen molar-refractivity contribution in [3.63, 3.8) is 0 Å². The van der Waals surface area contributed by atoms with Crippen LogP contribution in [0.25, 0.3) is 12.2 Å². The number of carbonyl (C=O) groups excluding carboxylic acids is 1. The van der Waals surface area contributed by atoms with E-state index < -0.39 is 21.7 Å². The number of carbonyl (C=O) groups is 1. The Bertz CT molecular complexity index is 1500. The molecule has 0 saturated carbocycles. The third-order valence-corrected chi connectivity index (χ3v) is 8.50. The largest absolute Gasteiger partial charge is 0.486 e. The number of halogens is 2. The minimum atomic E-state index is -4.01. The minimum absolute atomic E-state index is 0.0636. The lowest BCUT2D eigenvalue weighted by Gasteiger charge is -2.30. The molecule has 1 fully saturated rings. The number of rotatable bonds is 6. The fraction of sp³-hybridized carbons (Fsp3) is 0.308. The number of aromatic nitrogens is 1. The summed E-state index contributed by atoms with van der Waals surface area (Å²) in [5.74, 6) is -0.978. The molecule has 12 heteroatoms. The Hall–Kier alpha value is -3.77. The summed E-state index contributed by atoms with van der Waals surface area (Å²) in [6.45, 7) is 2.66. The van der Waals surface area contributed by atoms with Gasteiger partial charge in [0, 0.05) is 42.4 Å². The average molecular weight is 546 g/mol. The van der Waals surface area contributed by atoms with Crippen molar-refractivity contribution in [3.8, 4) is 11.5 Å². The Morgan fingerprint density at radius 1 is 1.05 bits per heavy atom. The summed E-state index contributed by atoms with van der Waals surface area (Å²) < 4.78 is 71.6. The maximum Gasteiger partial charge on any atom is 0.248 e. The van der Waals surface area contributed by atoms with Gasteiger partial charge in [0.15, 0.2) is 22.2 Å². The van der Waals surface area contributed by atoms with Crippen LogP contribution < -0.4 is 14.8 Å². The third kappa shape index (κ3) is 5.27. The van der Waals surface area contributed by atoms with Crippen molar-refractivity contribution in [1.82, 2.24) is 9.46 Å². The summed E-state index contributed by atoms with van der Waals surface area (Å²) in [6.07, 6.45) is 3.23. The van der Waals surface area contributed by atoms with Crippen LogP contribution in [-0.2, 0) is 14.8 Å². The molecule has 200 valence electrons. The number of anilines is 1. The molecule has 3 heterocycles. The molecule has 0 bridgehead atoms. The Labute approximate surface area is 218 Å². The molecule has 2 aliphatic rings. The third-order valence-electron chi connectivity index (χ3n) is 6.44. The van der Waals surface area contributed by atoms with Crippen LogP contribution in [0.3, 0.4) is 0 Å². The zero-order valence-electron chi connectivity index (χ0n) is 20.4. The summed E-state index contributed by atoms with van der Waals surface area (Å²) in [6, 6.07) is 8.23. The predicted molar refractivity (Wildman–Crippen MR) is 134 cm³/mol. The van der Waals surface area contributed by atoms with Gasteiger partial charge in [0.25, 0.3) is 0 Å². The van der Waals surface area contributed by atoms with Crippen molar-refractivity contribution in [2.75, 3.05) is 31.6 Å². The number of fused-ring (bicyclic) bond motifs is 1. The van der Waals surface area contributed by atoms with Crippen LogP contribution in [0.1, 0.15) is 29.9 Å². The molecule has 1 N–H and O–H groups in total. The van der Waals surface area contributed by atoms with E-state index in [-0.39, 0.29) is 46.8 Å². The van der Waals surface area contributed by atoms with Gasteiger partial charge < -0.3 is 19.3 Å². The first-order valence-corrected chi connectivity index (χ1v) is 13.5. The molecule has 2 aliphatic heterocycles. The van der Waals surface area contributed by atoms with Gasteiger partial charge in [-0.1, -0.05) is 5.16 Å². The Kier molecular flexibility index (Phi) is 7.17. The number of amides is 1. The van der Waals surface area contributed by atoms with Gasteiger partial charge in [-0.2, -0.15) is 4.31 Å². The lowest BCUT2D eigenvalue weighted by atomic mass is 9.97. The van der Waals surface area contributed by atoms with Gasteiger partial charge in [-0.3, -0.25) is 4.79 Å². The topological polar surface area (TPSA) is 111 Å². The van der Waals surface area contributed by atoms with Crippen LogP contribution in [0.15, 0.2) is 45.8 Å². The molecule has 1 saturated heterocycles. The zero-order chi connectivity index (χ0) is 26.9. The van der Waals surface area contributed by atoms with Gasteiger partial charge in [-0.05, 0) is 56.2 Å². The average Bonchev–Trinajstić information content (AvgIpc) is 3.29. The predicted octanol–water partition coefficient (Wildman–Crippen LogP) is 4.24. The quantitative estimate of drug-likeness (QED) is 0.493. The van der Waals surface area contributed by atoms with Crippen molar-refractivity contribution in [2.45, 2.75) is 24.7 Å². The molecule has 0 unspecified atom stereocenters. The number of nitrogens with zero attached hydrogens (tertiary/aromatic N) is 2. The van der Waals surface area contributed by atoms with Gasteiger partial charge >= 0.3 is 0 Å². The van der Waals surface area contributed by atoms with Crippen LogP contribution in [-0.4, -0.2) is 50.1 Å². The van der Waals surface area contributed by atoms with Gasteiger partial charge in [-0.25, -0.2) is 17.2 Å². The first-order valence-electron chi connectivity index (χ1n) is 12.0. The smallest absolute Gasteiger partial charge is 0.248 e. The van der Waals surface area contributed by atoms with Gasteiger partial charge in [0.1, 0.15) is 30.5 Å². The molecule has 3 aromatic rings. The van der Waals surface area contributed by atoms with E-state index in [4.69, 9.17) is 14.0 Å². The number of hydrogen-bond acceptors (Lipinski definition) is 7. The highest BCUT2D eigenvalue weighted by Gasteiger charge is 2.36. The normalized spacial score (nSPS) is 16.6. The molecule has 0 atom stereocenters. The maximum absolute atomic E-state index is 14.0. The Morgan fingerprint density at radius 3 is 2.53 bits per heavy atom. The number of sulfonamides is 1. The van der Waals surface area contributed by atoms with Crippen molar-refractivity contribution < 1.29 is 36.0 Å². The number of ether oxygens (including phenoxy) is 2. The highest BCUT2D eigenvalue weighted by atomic mass is 32.2. The number of aryl methyl sites for hydroxylation is 1. The number of nitrogens with one attached hydrogen (secondary N) is 1. The summed E-state index contributed by atoms with van der Waals surface area (Å²) in [4.78, 5) is 12.7. The second kappa shape index (κ2) is 10.5. The van der Waals surface area contributed by atoms with E-state index in [1.807, 2.05) is 0 Å². The van der Waals surface area contributed by atoms with Crippen molar-refractivity contribution in [1.29, 1.82) is 0 Å². The summed E-state index contributed by atoms with van der Waals surface area (Å²) in [5, 5.41) is 6.65. The van der Waals surface area contributed by atoms with Gasteiger partial charge in [0.2, 0.25) is 15.9 Å². The maximum atomic E-state index is 14.0. The van der Waals surface area contributed by atoms with Crippen LogP contribution in [0.5, 0.6) is 11.5 Å². The molecule has 2 aromatic carbocycles. The van der Waals surface area contributed by atoms with Crippen LogP contribution in [0.2, 0.25) is 0 Å². The monoisotopic (exact) mass is 545 g/mol. The van der Waals surface area contributed by atoms with Gasteiger partial charge in [-0.15, -0.1) is 0 Å². The highest BCUT2D eigenvalue weighted by molar-refractivity contribution is 7.89. The lowest BCUT2D eigenvalue weighted by molar-refractivity contribution is -0.120. The molecule has 1 aromatic heterocycles. The highest BCUT2D eigenvalue weighted by Crippen LogP contribution is 2.34. The fourth-order valence-corrected chi connectivity index (χ4v) is 6.17. The SMILES string of the molecule is Cc1noc(/C=C/c2ccc(F)cc2F)c1S(=O)(=O)N1CCC(C(=O)Nc2ccc3c(c2)OCCO3)CC1. The summed E-state index contributed by atoms with van der Waals surface area (Å²) in [7, 11) is -4.01. The fourth-order valence-electron chi connectivity index (χ4n) is 4.45. The van der Waals surface area contributed by atoms with E-state index in [2.05, 4.69) is 10.5 Å². The van der Waals surface area contributed by atoms with Crippen molar-refractivity contribution >= 4 is 33.8 Å². The zero-order valence-corrected chi connectivity index (χ0v) is 21.3. The van der Waals surface area contributed by atoms with E-state index >= 15 is 0 Å². The number of hydrogen-bond donors (Lipinski definition) is 1.